The van der Waals surface area contributed by atoms with Crippen LogP contribution in [0, 0.1) is 0 Å². The van der Waals surface area contributed by atoms with Crippen molar-refractivity contribution in [3.05, 3.63) is 71.1 Å². The van der Waals surface area contributed by atoms with Gasteiger partial charge in [0.1, 0.15) is 12.0 Å². The van der Waals surface area contributed by atoms with Gasteiger partial charge in [0.05, 0.1) is 30.3 Å². The van der Waals surface area contributed by atoms with Gasteiger partial charge in [-0.1, -0.05) is 29.5 Å². The molecule has 0 bridgehead atoms. The van der Waals surface area contributed by atoms with Crippen LogP contribution < -0.4 is 10.6 Å². The average molecular weight is 443 g/mol. The first-order valence-electron chi connectivity index (χ1n) is 10.8. The van der Waals surface area contributed by atoms with Gasteiger partial charge in [0.2, 0.25) is 5.95 Å². The van der Waals surface area contributed by atoms with E-state index in [0.29, 0.717) is 31.1 Å². The van der Waals surface area contributed by atoms with Crippen LogP contribution in [0.25, 0.3) is 0 Å². The Kier molecular flexibility index (Phi) is 4.71. The lowest BCUT2D eigenvalue weighted by atomic mass is 10.1. The number of aromatic nitrogens is 6. The van der Waals surface area contributed by atoms with Crippen LogP contribution in [0.4, 0.5) is 17.7 Å². The number of hydrogen-bond donors (Lipinski definition) is 3. The Balaban J connectivity index is 1.06. The highest BCUT2D eigenvalue weighted by molar-refractivity contribution is 5.92. The molecule has 0 fully saturated rings. The molecule has 166 valence electrons. The van der Waals surface area contributed by atoms with E-state index in [-0.39, 0.29) is 23.7 Å². The summed E-state index contributed by atoms with van der Waals surface area (Å²) in [6.07, 6.45) is 7.25. The number of amides is 1. The number of nitrogens with zero attached hydrogens (tertiary/aromatic N) is 6. The molecule has 2 aliphatic rings. The molecule has 1 aromatic carbocycles. The standard InChI is InChI=1S/C22H21N9O2/c32-20(31-6-5-17-18(11-31)29-30-28-17)19-12-33-22(27-19)26-16-9-23-21(24-10-16)25-15-7-13-3-1-2-4-14(13)8-15/h1-4,9-10,12,15H,5-8,11H2,(H,26,27)(H,23,24,25)(H,28,29,30). The minimum absolute atomic E-state index is 0.202. The van der Waals surface area contributed by atoms with Gasteiger partial charge < -0.3 is 20.0 Å². The molecule has 3 N–H and O–H groups in total. The Hall–Kier alpha value is -4.28. The second-order valence-corrected chi connectivity index (χ2v) is 8.19. The number of benzene rings is 1. The second-order valence-electron chi connectivity index (χ2n) is 8.19. The quantitative estimate of drug-likeness (QED) is 0.423. The maximum absolute atomic E-state index is 12.8. The second kappa shape index (κ2) is 8.01. The molecular formula is C22H21N9O2. The first-order valence-corrected chi connectivity index (χ1v) is 10.8. The van der Waals surface area contributed by atoms with Crippen LogP contribution in [-0.4, -0.2) is 53.8 Å². The van der Waals surface area contributed by atoms with Crippen LogP contribution in [0.5, 0.6) is 0 Å². The first kappa shape index (κ1) is 19.4. The highest BCUT2D eigenvalue weighted by Crippen LogP contribution is 2.24. The fourth-order valence-corrected chi connectivity index (χ4v) is 4.30. The third-order valence-corrected chi connectivity index (χ3v) is 5.97. The molecule has 0 atom stereocenters. The third-order valence-electron chi connectivity index (χ3n) is 5.97. The van der Waals surface area contributed by atoms with Gasteiger partial charge in [-0.25, -0.2) is 9.97 Å². The van der Waals surface area contributed by atoms with E-state index >= 15 is 0 Å². The Labute approximate surface area is 188 Å². The van der Waals surface area contributed by atoms with Crippen LogP contribution in [0.15, 0.2) is 47.3 Å². The van der Waals surface area contributed by atoms with Crippen molar-refractivity contribution in [3.8, 4) is 0 Å². The number of rotatable bonds is 5. The minimum Gasteiger partial charge on any atom is -0.431 e. The number of H-pyrrole nitrogens is 1. The molecule has 4 aromatic rings. The summed E-state index contributed by atoms with van der Waals surface area (Å²) in [5.74, 6) is 0.354. The summed E-state index contributed by atoms with van der Waals surface area (Å²) in [5, 5.41) is 17.1. The van der Waals surface area contributed by atoms with Gasteiger partial charge in [-0.05, 0) is 24.0 Å². The van der Waals surface area contributed by atoms with Crippen LogP contribution in [0.3, 0.4) is 0 Å². The zero-order valence-corrected chi connectivity index (χ0v) is 17.7. The van der Waals surface area contributed by atoms with Crippen molar-refractivity contribution < 1.29 is 9.21 Å². The molecule has 1 aliphatic carbocycles. The fourth-order valence-electron chi connectivity index (χ4n) is 4.30. The van der Waals surface area contributed by atoms with E-state index in [0.717, 1.165) is 24.2 Å². The normalized spacial score (nSPS) is 15.2. The van der Waals surface area contributed by atoms with E-state index in [1.165, 1.54) is 17.4 Å². The number of aromatic amines is 1. The maximum Gasteiger partial charge on any atom is 0.299 e. The van der Waals surface area contributed by atoms with E-state index in [9.17, 15) is 4.79 Å². The van der Waals surface area contributed by atoms with Crippen molar-refractivity contribution in [2.75, 3.05) is 17.2 Å². The fraction of sp³-hybridized carbons (Fsp3) is 0.273. The van der Waals surface area contributed by atoms with Crippen molar-refractivity contribution in [2.24, 2.45) is 0 Å². The summed E-state index contributed by atoms with van der Waals surface area (Å²) in [6, 6.07) is 8.95. The van der Waals surface area contributed by atoms with Crippen molar-refractivity contribution in [1.82, 2.24) is 35.3 Å². The molecule has 0 radical (unpaired) electrons. The van der Waals surface area contributed by atoms with Crippen molar-refractivity contribution in [2.45, 2.75) is 31.8 Å². The summed E-state index contributed by atoms with van der Waals surface area (Å²) < 4.78 is 5.43. The van der Waals surface area contributed by atoms with Gasteiger partial charge in [-0.3, -0.25) is 9.89 Å². The first-order chi connectivity index (χ1) is 16.2. The summed E-state index contributed by atoms with van der Waals surface area (Å²) in [5.41, 5.74) is 5.33. The summed E-state index contributed by atoms with van der Waals surface area (Å²) in [4.78, 5) is 27.5. The summed E-state index contributed by atoms with van der Waals surface area (Å²) >= 11 is 0. The minimum atomic E-state index is -0.214. The van der Waals surface area contributed by atoms with E-state index in [2.05, 4.69) is 65.3 Å². The van der Waals surface area contributed by atoms with Crippen molar-refractivity contribution >= 4 is 23.6 Å². The summed E-state index contributed by atoms with van der Waals surface area (Å²) in [7, 11) is 0. The van der Waals surface area contributed by atoms with E-state index in [4.69, 9.17) is 4.42 Å². The van der Waals surface area contributed by atoms with Gasteiger partial charge in [-0.2, -0.15) is 4.98 Å². The number of hydrogen-bond acceptors (Lipinski definition) is 9. The van der Waals surface area contributed by atoms with Crippen LogP contribution in [0.2, 0.25) is 0 Å². The molecule has 0 saturated heterocycles. The molecule has 0 unspecified atom stereocenters. The number of carbonyl (C=O) groups excluding carboxylic acids is 1. The van der Waals surface area contributed by atoms with Gasteiger partial charge in [-0.15, -0.1) is 5.10 Å². The number of fused-ring (bicyclic) bond motifs is 2. The molecule has 1 amide bonds. The van der Waals surface area contributed by atoms with Crippen LogP contribution in [-0.2, 0) is 25.8 Å². The molecule has 4 heterocycles. The molecule has 3 aromatic heterocycles. The lowest BCUT2D eigenvalue weighted by Gasteiger charge is -2.24. The molecule has 1 aliphatic heterocycles. The predicted molar refractivity (Wildman–Crippen MR) is 118 cm³/mol. The lowest BCUT2D eigenvalue weighted by molar-refractivity contribution is 0.0726. The van der Waals surface area contributed by atoms with E-state index < -0.39 is 0 Å². The Morgan fingerprint density at radius 3 is 2.73 bits per heavy atom. The molecule has 11 heteroatoms. The lowest BCUT2D eigenvalue weighted by Crippen LogP contribution is -2.36. The van der Waals surface area contributed by atoms with Gasteiger partial charge in [0.15, 0.2) is 5.69 Å². The zero-order chi connectivity index (χ0) is 22.2. The Morgan fingerprint density at radius 1 is 1.15 bits per heavy atom. The van der Waals surface area contributed by atoms with Gasteiger partial charge >= 0.3 is 0 Å². The van der Waals surface area contributed by atoms with Crippen molar-refractivity contribution in [3.63, 3.8) is 0 Å². The molecule has 0 spiro atoms. The third kappa shape index (κ3) is 3.88. The topological polar surface area (TPSA) is 138 Å². The SMILES string of the molecule is O=C(c1coc(Nc2cnc(NC3Cc4ccccc4C3)nc2)n1)N1CCc2[nH]nnc2C1. The number of oxazole rings is 1. The van der Waals surface area contributed by atoms with Crippen LogP contribution in [0.1, 0.15) is 33.0 Å². The molecule has 0 saturated carbocycles. The molecule has 11 nitrogen and oxygen atoms in total. The predicted octanol–water partition coefficient (Wildman–Crippen LogP) is 2.10. The largest absolute Gasteiger partial charge is 0.431 e. The molecule has 33 heavy (non-hydrogen) atoms. The smallest absolute Gasteiger partial charge is 0.299 e. The summed E-state index contributed by atoms with van der Waals surface area (Å²) in [6.45, 7) is 0.967. The number of carbonyl (C=O) groups is 1. The van der Waals surface area contributed by atoms with Gasteiger partial charge in [0, 0.05) is 19.0 Å². The molecule has 6 rings (SSSR count). The Bertz CT molecular complexity index is 1270. The highest BCUT2D eigenvalue weighted by atomic mass is 16.4. The number of nitrogens with one attached hydrogen (secondary N) is 3. The zero-order valence-electron chi connectivity index (χ0n) is 17.7. The van der Waals surface area contributed by atoms with E-state index in [1.807, 2.05) is 0 Å². The average Bonchev–Trinajstić information content (AvgIpc) is 3.58. The van der Waals surface area contributed by atoms with E-state index in [1.54, 1.807) is 17.3 Å². The monoisotopic (exact) mass is 443 g/mol. The highest BCUT2D eigenvalue weighted by Gasteiger charge is 2.26. The van der Waals surface area contributed by atoms with Crippen LogP contribution >= 0.6 is 0 Å². The van der Waals surface area contributed by atoms with Gasteiger partial charge in [0.25, 0.3) is 11.9 Å². The maximum atomic E-state index is 12.8. The Morgan fingerprint density at radius 2 is 1.94 bits per heavy atom. The number of anilines is 3. The molecular weight excluding hydrogens is 422 g/mol. The van der Waals surface area contributed by atoms with Crippen molar-refractivity contribution in [1.29, 1.82) is 0 Å².